The van der Waals surface area contributed by atoms with Gasteiger partial charge < -0.3 is 16.2 Å². The Kier molecular flexibility index (Phi) is 4.54. The third-order valence-electron chi connectivity index (χ3n) is 3.05. The van der Waals surface area contributed by atoms with Crippen LogP contribution in [-0.2, 0) is 0 Å². The fraction of sp³-hybridized carbons (Fsp3) is 0.200. The van der Waals surface area contributed by atoms with E-state index < -0.39 is 24.2 Å². The zero-order chi connectivity index (χ0) is 18.1. The van der Waals surface area contributed by atoms with Gasteiger partial charge in [-0.1, -0.05) is 12.1 Å². The van der Waals surface area contributed by atoms with Crippen molar-refractivity contribution in [2.24, 2.45) is 0 Å². The Morgan fingerprint density at radius 2 is 1.38 bits per heavy atom. The molecule has 2 rings (SSSR count). The molecule has 0 aliphatic carbocycles. The third kappa shape index (κ3) is 3.84. The van der Waals surface area contributed by atoms with E-state index in [2.05, 4.69) is 4.74 Å². The SMILES string of the molecule is Nc1ccc(-c2cc(N)ccc2OC(F)(F)C(F)C(F)(F)F)cc1. The van der Waals surface area contributed by atoms with Gasteiger partial charge in [0.05, 0.1) is 0 Å². The molecule has 0 saturated carbocycles. The highest BCUT2D eigenvalue weighted by molar-refractivity contribution is 5.74. The van der Waals surface area contributed by atoms with E-state index >= 15 is 0 Å². The molecule has 24 heavy (non-hydrogen) atoms. The summed E-state index contributed by atoms with van der Waals surface area (Å²) in [7, 11) is 0. The van der Waals surface area contributed by atoms with Gasteiger partial charge >= 0.3 is 12.3 Å². The quantitative estimate of drug-likeness (QED) is 0.635. The third-order valence-corrected chi connectivity index (χ3v) is 3.05. The normalized spacial score (nSPS) is 13.6. The van der Waals surface area contributed by atoms with E-state index in [4.69, 9.17) is 11.5 Å². The molecule has 0 aliphatic rings. The minimum absolute atomic E-state index is 0.0240. The largest absolute Gasteiger partial charge is 0.439 e. The number of rotatable bonds is 4. The highest BCUT2D eigenvalue weighted by Gasteiger charge is 2.59. The minimum atomic E-state index is -5.77. The fourth-order valence-corrected chi connectivity index (χ4v) is 1.91. The first-order valence-electron chi connectivity index (χ1n) is 6.54. The Hall–Kier alpha value is -2.58. The molecule has 0 amide bonds. The van der Waals surface area contributed by atoms with Crippen molar-refractivity contribution in [1.82, 2.24) is 0 Å². The number of benzene rings is 2. The highest BCUT2D eigenvalue weighted by Crippen LogP contribution is 2.40. The van der Waals surface area contributed by atoms with E-state index in [0.717, 1.165) is 12.1 Å². The van der Waals surface area contributed by atoms with Crippen molar-refractivity contribution in [1.29, 1.82) is 0 Å². The summed E-state index contributed by atoms with van der Waals surface area (Å²) >= 11 is 0. The van der Waals surface area contributed by atoms with Crippen molar-refractivity contribution in [2.75, 3.05) is 11.5 Å². The molecule has 4 N–H and O–H groups in total. The molecular weight excluding hydrogens is 338 g/mol. The summed E-state index contributed by atoms with van der Waals surface area (Å²) in [5.41, 5.74) is 11.9. The monoisotopic (exact) mass is 350 g/mol. The number of hydrogen-bond acceptors (Lipinski definition) is 3. The van der Waals surface area contributed by atoms with Crippen LogP contribution < -0.4 is 16.2 Å². The number of hydrogen-bond donors (Lipinski definition) is 2. The lowest BCUT2D eigenvalue weighted by Gasteiger charge is -2.24. The molecule has 0 aromatic heterocycles. The lowest BCUT2D eigenvalue weighted by Crippen LogP contribution is -2.45. The number of alkyl halides is 6. The second kappa shape index (κ2) is 6.14. The van der Waals surface area contributed by atoms with E-state index in [-0.39, 0.29) is 11.3 Å². The highest BCUT2D eigenvalue weighted by atomic mass is 19.4. The van der Waals surface area contributed by atoms with E-state index in [0.29, 0.717) is 11.3 Å². The summed E-state index contributed by atoms with van der Waals surface area (Å²) in [6, 6.07) is 9.09. The van der Waals surface area contributed by atoms with Crippen molar-refractivity contribution >= 4 is 11.4 Å². The number of halogens is 6. The van der Waals surface area contributed by atoms with E-state index in [1.54, 1.807) is 0 Å². The summed E-state index contributed by atoms with van der Waals surface area (Å²) in [5.74, 6) is -0.647. The molecule has 2 aromatic carbocycles. The maximum Gasteiger partial charge on any atom is 0.439 e. The van der Waals surface area contributed by atoms with Crippen LogP contribution in [0.25, 0.3) is 11.1 Å². The average molecular weight is 350 g/mol. The van der Waals surface area contributed by atoms with Crippen LogP contribution in [-0.4, -0.2) is 18.5 Å². The zero-order valence-electron chi connectivity index (χ0n) is 11.9. The van der Waals surface area contributed by atoms with Gasteiger partial charge in [0.1, 0.15) is 5.75 Å². The van der Waals surface area contributed by atoms with Gasteiger partial charge in [-0.15, -0.1) is 0 Å². The molecule has 0 fully saturated rings. The zero-order valence-corrected chi connectivity index (χ0v) is 11.9. The second-order valence-electron chi connectivity index (χ2n) is 4.95. The molecule has 130 valence electrons. The number of nitrogens with two attached hydrogens (primary N) is 2. The number of ether oxygens (including phenoxy) is 1. The molecule has 1 unspecified atom stereocenters. The maximum atomic E-state index is 13.5. The molecule has 2 aromatic rings. The van der Waals surface area contributed by atoms with Crippen LogP contribution in [0.15, 0.2) is 42.5 Å². The molecular formula is C15H12F6N2O. The molecule has 0 spiro atoms. The molecule has 0 aliphatic heterocycles. The Morgan fingerprint density at radius 3 is 1.92 bits per heavy atom. The van der Waals surface area contributed by atoms with Crippen LogP contribution >= 0.6 is 0 Å². The number of nitrogen functional groups attached to an aromatic ring is 2. The molecule has 9 heteroatoms. The summed E-state index contributed by atoms with van der Waals surface area (Å²) in [5, 5.41) is 0. The van der Waals surface area contributed by atoms with Crippen LogP contribution in [0.2, 0.25) is 0 Å². The van der Waals surface area contributed by atoms with E-state index in [9.17, 15) is 26.3 Å². The van der Waals surface area contributed by atoms with Gasteiger partial charge in [0.15, 0.2) is 0 Å². The molecule has 3 nitrogen and oxygen atoms in total. The molecule has 1 atom stereocenters. The average Bonchev–Trinajstić information content (AvgIpc) is 2.48. The first-order valence-corrected chi connectivity index (χ1v) is 6.54. The van der Waals surface area contributed by atoms with Crippen LogP contribution in [0, 0.1) is 0 Å². The Bertz CT molecular complexity index is 715. The Morgan fingerprint density at radius 1 is 0.833 bits per heavy atom. The molecule has 0 saturated heterocycles. The van der Waals surface area contributed by atoms with Crippen molar-refractivity contribution in [2.45, 2.75) is 18.5 Å². The first-order chi connectivity index (χ1) is 11.0. The first kappa shape index (κ1) is 17.8. The van der Waals surface area contributed by atoms with E-state index in [1.165, 1.54) is 30.3 Å². The minimum Gasteiger partial charge on any atom is -0.429 e. The van der Waals surface area contributed by atoms with Gasteiger partial charge in [0, 0.05) is 16.9 Å². The van der Waals surface area contributed by atoms with Crippen LogP contribution in [0.3, 0.4) is 0 Å². The van der Waals surface area contributed by atoms with Crippen LogP contribution in [0.4, 0.5) is 37.7 Å². The maximum absolute atomic E-state index is 13.5. The Balaban J connectivity index is 2.42. The second-order valence-corrected chi connectivity index (χ2v) is 4.95. The lowest BCUT2D eigenvalue weighted by molar-refractivity contribution is -0.304. The van der Waals surface area contributed by atoms with Crippen LogP contribution in [0.5, 0.6) is 5.75 Å². The summed E-state index contributed by atoms with van der Waals surface area (Å²) < 4.78 is 80.7. The lowest BCUT2D eigenvalue weighted by atomic mass is 10.0. The predicted octanol–water partition coefficient (Wildman–Crippen LogP) is 4.39. The van der Waals surface area contributed by atoms with Gasteiger partial charge in [-0.3, -0.25) is 0 Å². The summed E-state index contributed by atoms with van der Waals surface area (Å²) in [6.45, 7) is 0. The van der Waals surface area contributed by atoms with Gasteiger partial charge in [-0.05, 0) is 35.9 Å². The topological polar surface area (TPSA) is 61.3 Å². The van der Waals surface area contributed by atoms with Gasteiger partial charge in [0.2, 0.25) is 0 Å². The summed E-state index contributed by atoms with van der Waals surface area (Å²) in [4.78, 5) is 0. The summed E-state index contributed by atoms with van der Waals surface area (Å²) in [6.07, 6.45) is -15.3. The van der Waals surface area contributed by atoms with Gasteiger partial charge in [0.25, 0.3) is 6.17 Å². The van der Waals surface area contributed by atoms with Crippen molar-refractivity contribution in [3.8, 4) is 16.9 Å². The number of anilines is 2. The molecule has 0 radical (unpaired) electrons. The van der Waals surface area contributed by atoms with E-state index in [1.807, 2.05) is 0 Å². The van der Waals surface area contributed by atoms with Crippen molar-refractivity contribution in [3.05, 3.63) is 42.5 Å². The fourth-order valence-electron chi connectivity index (χ4n) is 1.91. The van der Waals surface area contributed by atoms with Gasteiger partial charge in [-0.2, -0.15) is 22.0 Å². The Labute approximate surface area is 132 Å². The van der Waals surface area contributed by atoms with Crippen LogP contribution in [0.1, 0.15) is 0 Å². The molecule has 0 bridgehead atoms. The predicted molar refractivity (Wildman–Crippen MR) is 77.2 cm³/mol. The van der Waals surface area contributed by atoms with Crippen molar-refractivity contribution in [3.63, 3.8) is 0 Å². The smallest absolute Gasteiger partial charge is 0.429 e. The van der Waals surface area contributed by atoms with Crippen molar-refractivity contribution < 1.29 is 31.1 Å². The standard InChI is InChI=1S/C15H12F6N2O/c16-13(14(17,18)19)15(20,21)24-12-6-5-10(23)7-11(12)8-1-3-9(22)4-2-8/h1-7,13H,22-23H2. The van der Waals surface area contributed by atoms with Gasteiger partial charge in [-0.25, -0.2) is 4.39 Å². The molecule has 0 heterocycles.